The number of azo groups is 1. The highest BCUT2D eigenvalue weighted by Crippen LogP contribution is 2.27. The molecule has 0 bridgehead atoms. The monoisotopic (exact) mass is 368 g/mol. The Bertz CT molecular complexity index is 774. The quantitative estimate of drug-likeness (QED) is 0.334. The second-order valence-electron chi connectivity index (χ2n) is 4.58. The summed E-state index contributed by atoms with van der Waals surface area (Å²) in [5.41, 5.74) is 0.220. The first-order valence-corrected chi connectivity index (χ1v) is 7.42. The van der Waals surface area contributed by atoms with Crippen molar-refractivity contribution in [3.05, 3.63) is 63.9 Å². The molecule has 0 aliphatic carbocycles. The summed E-state index contributed by atoms with van der Waals surface area (Å²) >= 11 is 12.0. The van der Waals surface area contributed by atoms with Crippen LogP contribution in [-0.4, -0.2) is 24.9 Å². The van der Waals surface area contributed by atoms with E-state index in [2.05, 4.69) is 15.0 Å². The number of halogens is 3. The van der Waals surface area contributed by atoms with Gasteiger partial charge in [0.15, 0.2) is 0 Å². The number of rotatable bonds is 5. The Morgan fingerprint density at radius 3 is 2.21 bits per heavy atom. The molecule has 8 heteroatoms. The van der Waals surface area contributed by atoms with E-state index in [1.54, 1.807) is 6.07 Å². The van der Waals surface area contributed by atoms with Crippen molar-refractivity contribution in [1.29, 1.82) is 0 Å². The SMILES string of the molecule is COC(=O)C(N=Nc1ccc(F)cc1)C(=O)c1c(Cl)cccc1Cl. The molecule has 2 aromatic carbocycles. The highest BCUT2D eigenvalue weighted by atomic mass is 35.5. The van der Waals surface area contributed by atoms with Crippen LogP contribution in [0.25, 0.3) is 0 Å². The van der Waals surface area contributed by atoms with Gasteiger partial charge >= 0.3 is 5.97 Å². The lowest BCUT2D eigenvalue weighted by Crippen LogP contribution is -2.29. The second-order valence-corrected chi connectivity index (χ2v) is 5.39. The standard InChI is InChI=1S/C16H11Cl2FN2O3/c1-24-16(23)14(21-20-10-7-5-9(19)6-8-10)15(22)13-11(17)3-2-4-12(13)18/h2-8,14H,1H3. The van der Waals surface area contributed by atoms with Gasteiger partial charge in [-0.2, -0.15) is 10.2 Å². The molecule has 2 aromatic rings. The minimum atomic E-state index is -1.57. The Kier molecular flexibility index (Phi) is 6.00. The summed E-state index contributed by atoms with van der Waals surface area (Å²) in [5, 5.41) is 7.65. The molecule has 2 rings (SSSR count). The third-order valence-electron chi connectivity index (χ3n) is 3.00. The fourth-order valence-electron chi connectivity index (χ4n) is 1.82. The minimum Gasteiger partial charge on any atom is -0.467 e. The molecular formula is C16H11Cl2FN2O3. The lowest BCUT2D eigenvalue weighted by atomic mass is 10.0. The van der Waals surface area contributed by atoms with Crippen LogP contribution in [0.5, 0.6) is 0 Å². The Hall–Kier alpha value is -2.31. The molecule has 0 heterocycles. The predicted molar refractivity (Wildman–Crippen MR) is 87.5 cm³/mol. The maximum atomic E-state index is 12.9. The molecule has 1 unspecified atom stereocenters. The van der Waals surface area contributed by atoms with E-state index in [1.165, 1.54) is 36.4 Å². The first-order chi connectivity index (χ1) is 11.4. The largest absolute Gasteiger partial charge is 0.467 e. The van der Waals surface area contributed by atoms with Crippen LogP contribution in [0.1, 0.15) is 10.4 Å². The Morgan fingerprint density at radius 1 is 1.08 bits per heavy atom. The van der Waals surface area contributed by atoms with Gasteiger partial charge in [-0.05, 0) is 36.4 Å². The summed E-state index contributed by atoms with van der Waals surface area (Å²) in [6, 6.07) is 7.97. The highest BCUT2D eigenvalue weighted by Gasteiger charge is 2.31. The van der Waals surface area contributed by atoms with Crippen molar-refractivity contribution in [3.63, 3.8) is 0 Å². The first-order valence-electron chi connectivity index (χ1n) is 6.66. The number of hydrogen-bond donors (Lipinski definition) is 0. The number of hydrogen-bond acceptors (Lipinski definition) is 5. The third kappa shape index (κ3) is 4.15. The molecule has 0 amide bonds. The number of benzene rings is 2. The zero-order valence-corrected chi connectivity index (χ0v) is 13.9. The van der Waals surface area contributed by atoms with Crippen molar-refractivity contribution >= 4 is 40.6 Å². The Balaban J connectivity index is 2.36. The maximum Gasteiger partial charge on any atom is 0.340 e. The molecular weight excluding hydrogens is 358 g/mol. The predicted octanol–water partition coefficient (Wildman–Crippen LogP) is 4.64. The number of ether oxygens (including phenoxy) is 1. The van der Waals surface area contributed by atoms with Gasteiger partial charge in [-0.1, -0.05) is 29.3 Å². The molecule has 24 heavy (non-hydrogen) atoms. The van der Waals surface area contributed by atoms with Gasteiger partial charge in [0.1, 0.15) is 5.82 Å². The number of methoxy groups -OCH3 is 1. The van der Waals surface area contributed by atoms with Gasteiger partial charge in [0.2, 0.25) is 11.8 Å². The van der Waals surface area contributed by atoms with Gasteiger partial charge in [-0.25, -0.2) is 9.18 Å². The van der Waals surface area contributed by atoms with Crippen molar-refractivity contribution in [2.24, 2.45) is 10.2 Å². The zero-order valence-electron chi connectivity index (χ0n) is 12.4. The fraction of sp³-hybridized carbons (Fsp3) is 0.125. The van der Waals surface area contributed by atoms with E-state index < -0.39 is 23.6 Å². The summed E-state index contributed by atoms with van der Waals surface area (Å²) < 4.78 is 17.5. The molecule has 0 aliphatic heterocycles. The molecule has 1 atom stereocenters. The van der Waals surface area contributed by atoms with E-state index in [9.17, 15) is 14.0 Å². The topological polar surface area (TPSA) is 68.1 Å². The van der Waals surface area contributed by atoms with Gasteiger partial charge in [-0.3, -0.25) is 4.79 Å². The summed E-state index contributed by atoms with van der Waals surface area (Å²) in [6.45, 7) is 0. The molecule has 0 aromatic heterocycles. The van der Waals surface area contributed by atoms with Crippen LogP contribution in [0.2, 0.25) is 10.0 Å². The van der Waals surface area contributed by atoms with Gasteiger partial charge in [0, 0.05) is 0 Å². The van der Waals surface area contributed by atoms with E-state index in [1.807, 2.05) is 0 Å². The normalized spacial score (nSPS) is 12.2. The van der Waals surface area contributed by atoms with Crippen molar-refractivity contribution in [1.82, 2.24) is 0 Å². The van der Waals surface area contributed by atoms with E-state index in [4.69, 9.17) is 23.2 Å². The van der Waals surface area contributed by atoms with Crippen LogP contribution in [0, 0.1) is 5.82 Å². The van der Waals surface area contributed by atoms with Crippen LogP contribution in [0.15, 0.2) is 52.7 Å². The highest BCUT2D eigenvalue weighted by molar-refractivity contribution is 6.40. The molecule has 0 saturated carbocycles. The summed E-state index contributed by atoms with van der Waals surface area (Å²) in [4.78, 5) is 24.5. The van der Waals surface area contributed by atoms with Crippen molar-refractivity contribution in [3.8, 4) is 0 Å². The second kappa shape index (κ2) is 7.99. The number of ketones is 1. The number of esters is 1. The van der Waals surface area contributed by atoms with Crippen LogP contribution in [0.4, 0.5) is 10.1 Å². The fourth-order valence-corrected chi connectivity index (χ4v) is 2.40. The van der Waals surface area contributed by atoms with E-state index in [0.29, 0.717) is 0 Å². The van der Waals surface area contributed by atoms with E-state index in [0.717, 1.165) is 7.11 Å². The number of carbonyl (C=O) groups excluding carboxylic acids is 2. The molecule has 0 spiro atoms. The number of nitrogens with zero attached hydrogens (tertiary/aromatic N) is 2. The van der Waals surface area contributed by atoms with Gasteiger partial charge in [0.25, 0.3) is 0 Å². The van der Waals surface area contributed by atoms with Crippen LogP contribution < -0.4 is 0 Å². The van der Waals surface area contributed by atoms with Crippen molar-refractivity contribution in [2.75, 3.05) is 7.11 Å². The lowest BCUT2D eigenvalue weighted by Gasteiger charge is -2.10. The number of carbonyl (C=O) groups is 2. The van der Waals surface area contributed by atoms with Crippen LogP contribution in [0.3, 0.4) is 0 Å². The van der Waals surface area contributed by atoms with E-state index in [-0.39, 0.29) is 21.3 Å². The smallest absolute Gasteiger partial charge is 0.340 e. The molecule has 124 valence electrons. The lowest BCUT2D eigenvalue weighted by molar-refractivity contribution is -0.140. The van der Waals surface area contributed by atoms with Gasteiger partial charge < -0.3 is 4.74 Å². The minimum absolute atomic E-state index is 0.0470. The maximum absolute atomic E-state index is 12.9. The summed E-state index contributed by atoms with van der Waals surface area (Å²) in [7, 11) is 1.12. The number of Topliss-reactive ketones (excluding diaryl/α,β-unsaturated/α-hetero) is 1. The molecule has 0 saturated heterocycles. The summed E-state index contributed by atoms with van der Waals surface area (Å²) in [6.07, 6.45) is 0. The third-order valence-corrected chi connectivity index (χ3v) is 3.63. The van der Waals surface area contributed by atoms with Gasteiger partial charge in [-0.15, -0.1) is 0 Å². The van der Waals surface area contributed by atoms with Gasteiger partial charge in [0.05, 0.1) is 28.4 Å². The van der Waals surface area contributed by atoms with E-state index >= 15 is 0 Å². The van der Waals surface area contributed by atoms with Crippen molar-refractivity contribution in [2.45, 2.75) is 6.04 Å². The Morgan fingerprint density at radius 2 is 1.67 bits per heavy atom. The van der Waals surface area contributed by atoms with Crippen LogP contribution >= 0.6 is 23.2 Å². The molecule has 0 radical (unpaired) electrons. The first kappa shape index (κ1) is 18.0. The summed E-state index contributed by atoms with van der Waals surface area (Å²) in [5.74, 6) is -2.11. The van der Waals surface area contributed by atoms with Crippen molar-refractivity contribution < 1.29 is 18.7 Å². The average molecular weight is 369 g/mol. The van der Waals surface area contributed by atoms with Crippen LogP contribution in [-0.2, 0) is 9.53 Å². The Labute approximate surface area is 147 Å². The zero-order chi connectivity index (χ0) is 17.7. The molecule has 5 nitrogen and oxygen atoms in total. The molecule has 0 N–H and O–H groups in total. The molecule has 0 fully saturated rings. The molecule has 0 aliphatic rings. The average Bonchev–Trinajstić information content (AvgIpc) is 2.56.